The SMILES string of the molecule is Bc1ccc(C(=O)N[C@H]2CC(C(=O)N[C@@H]3CCCc4ccccc43)N(C(=O)[C@@H](NC(=O)[C@H](C)NC)C(C)(C)C)C2)cc1C(=O)N[C@H]1CC(C(=O)N[C@@H]2CCCc3ccccc32)N(C(=O)C(NC(=O)[C@H](C)NC)C(C)(C)C)C1. The molecular weight excluding hydrogens is 976 g/mol. The molecule has 0 saturated carbocycles. The van der Waals surface area contributed by atoms with E-state index in [9.17, 15) is 38.4 Å². The normalized spacial score (nSPS) is 22.7. The highest BCUT2D eigenvalue weighted by molar-refractivity contribution is 6.36. The minimum atomic E-state index is -1.000. The maximum Gasteiger partial charge on any atom is 0.251 e. The van der Waals surface area contributed by atoms with Crippen molar-refractivity contribution < 1.29 is 38.4 Å². The number of rotatable bonds is 16. The zero-order valence-corrected chi connectivity index (χ0v) is 46.9. The molecule has 0 aromatic heterocycles. The van der Waals surface area contributed by atoms with E-state index < -0.39 is 82.8 Å². The molecule has 3 aromatic carbocycles. The monoisotopic (exact) mass is 1060 g/mol. The Morgan fingerprint density at radius 2 is 0.987 bits per heavy atom. The van der Waals surface area contributed by atoms with Gasteiger partial charge in [0.25, 0.3) is 11.8 Å². The molecule has 2 saturated heterocycles. The molecule has 7 rings (SSSR count). The van der Waals surface area contributed by atoms with Crippen LogP contribution >= 0.6 is 0 Å². The standard InChI is InChI=1S/C58H81BN10O8/c1-32(60-9)49(70)66-47(57(3,4)5)55(76)68-30-37(28-45(68)53(74)64-43-23-15-19-34-17-11-13-21-39(34)43)62-51(72)36-25-26-42(59)41(27-36)52(73)63-38-29-46(54(75)65-44-24-16-20-35-18-12-14-22-40(35)44)69(31-38)56(77)48(58(6,7)8)67-50(71)33(2)61-10/h11-14,17-18,21-22,25-27,32-33,37-38,43-48,60-61H,15-16,19-20,23-24,28-31,59H2,1-10H3,(H,62,72)(H,63,73)(H,64,74)(H,65,75)(H,66,70)(H,67,71)/t32-,33-,37-,38-,43+,44+,45?,46?,47+,48?/m0/s1. The largest absolute Gasteiger partial charge is 0.347 e. The van der Waals surface area contributed by atoms with E-state index in [0.29, 0.717) is 5.46 Å². The lowest BCUT2D eigenvalue weighted by Gasteiger charge is -2.36. The first kappa shape index (κ1) is 58.1. The molecule has 3 unspecified atom stereocenters. The van der Waals surface area contributed by atoms with Crippen molar-refractivity contribution in [2.45, 2.75) is 167 Å². The number of aryl methyl sites for hydroxylation is 2. The number of carbonyl (C=O) groups is 8. The molecule has 0 spiro atoms. The Balaban J connectivity index is 1.10. The average molecular weight is 1060 g/mol. The second-order valence-electron chi connectivity index (χ2n) is 23.8. The number of nitrogens with zero attached hydrogens (tertiary/aromatic N) is 2. The second-order valence-corrected chi connectivity index (χ2v) is 23.8. The number of hydrogen-bond acceptors (Lipinski definition) is 10. The van der Waals surface area contributed by atoms with Crippen LogP contribution in [0.5, 0.6) is 0 Å². The third-order valence-corrected chi connectivity index (χ3v) is 16.0. The number of hydrogen-bond donors (Lipinski definition) is 8. The van der Waals surface area contributed by atoms with Gasteiger partial charge in [0.1, 0.15) is 32.0 Å². The highest BCUT2D eigenvalue weighted by atomic mass is 16.2. The molecule has 2 fully saturated rings. The van der Waals surface area contributed by atoms with Gasteiger partial charge in [-0.15, -0.1) is 0 Å². The van der Waals surface area contributed by atoms with E-state index in [1.807, 2.05) is 77.9 Å². The molecule has 19 heteroatoms. The van der Waals surface area contributed by atoms with Gasteiger partial charge in [-0.25, -0.2) is 0 Å². The van der Waals surface area contributed by atoms with Gasteiger partial charge in [0.05, 0.1) is 24.2 Å². The molecule has 2 aliphatic heterocycles. The van der Waals surface area contributed by atoms with Gasteiger partial charge in [0.2, 0.25) is 35.4 Å². The van der Waals surface area contributed by atoms with Gasteiger partial charge in [-0.05, 0) is 125 Å². The lowest BCUT2D eigenvalue weighted by molar-refractivity contribution is -0.144. The van der Waals surface area contributed by atoms with E-state index >= 15 is 0 Å². The lowest BCUT2D eigenvalue weighted by atomic mass is 9.85. The van der Waals surface area contributed by atoms with Crippen LogP contribution in [0, 0.1) is 10.8 Å². The molecule has 414 valence electrons. The van der Waals surface area contributed by atoms with Gasteiger partial charge in [-0.1, -0.05) is 102 Å². The molecule has 2 heterocycles. The van der Waals surface area contributed by atoms with Crippen LogP contribution < -0.4 is 48.0 Å². The summed E-state index contributed by atoms with van der Waals surface area (Å²) in [4.78, 5) is 117. The molecule has 10 atom stereocenters. The van der Waals surface area contributed by atoms with E-state index in [2.05, 4.69) is 54.7 Å². The first-order chi connectivity index (χ1) is 36.4. The molecule has 2 aliphatic carbocycles. The van der Waals surface area contributed by atoms with E-state index in [0.717, 1.165) is 60.8 Å². The summed E-state index contributed by atoms with van der Waals surface area (Å²) in [6.45, 7) is 14.4. The second kappa shape index (κ2) is 24.4. The molecule has 4 aliphatic rings. The highest BCUT2D eigenvalue weighted by Gasteiger charge is 2.48. The molecule has 8 amide bonds. The summed E-state index contributed by atoms with van der Waals surface area (Å²) >= 11 is 0. The van der Waals surface area contributed by atoms with Crippen LogP contribution in [0.3, 0.4) is 0 Å². The molecule has 3 aromatic rings. The molecule has 8 N–H and O–H groups in total. The minimum Gasteiger partial charge on any atom is -0.347 e. The Morgan fingerprint density at radius 1 is 0.571 bits per heavy atom. The fraction of sp³-hybridized carbons (Fsp3) is 0.552. The van der Waals surface area contributed by atoms with Gasteiger partial charge < -0.3 is 52.3 Å². The maximum absolute atomic E-state index is 14.8. The van der Waals surface area contributed by atoms with E-state index in [-0.39, 0.29) is 72.8 Å². The Hall–Kier alpha value is -6.60. The van der Waals surface area contributed by atoms with Crippen LogP contribution in [0.25, 0.3) is 0 Å². The summed E-state index contributed by atoms with van der Waals surface area (Å²) < 4.78 is 0. The zero-order chi connectivity index (χ0) is 56.1. The van der Waals surface area contributed by atoms with Crippen LogP contribution in [0.4, 0.5) is 0 Å². The Kier molecular flexibility index (Phi) is 18.4. The third kappa shape index (κ3) is 13.6. The van der Waals surface area contributed by atoms with Gasteiger partial charge in [-0.2, -0.15) is 0 Å². The van der Waals surface area contributed by atoms with Gasteiger partial charge >= 0.3 is 0 Å². The van der Waals surface area contributed by atoms with Crippen molar-refractivity contribution in [3.8, 4) is 0 Å². The number of carbonyl (C=O) groups excluding carboxylic acids is 8. The summed E-state index contributed by atoms with van der Waals surface area (Å²) in [5.41, 5.74) is 3.84. The summed E-state index contributed by atoms with van der Waals surface area (Å²) in [5.74, 6) is -3.39. The van der Waals surface area contributed by atoms with Crippen molar-refractivity contribution in [1.29, 1.82) is 0 Å². The summed E-state index contributed by atoms with van der Waals surface area (Å²) in [6, 6.07) is 13.8. The van der Waals surface area contributed by atoms with Gasteiger partial charge in [0.15, 0.2) is 0 Å². The van der Waals surface area contributed by atoms with Crippen LogP contribution in [-0.4, -0.2) is 140 Å². The summed E-state index contributed by atoms with van der Waals surface area (Å²) in [7, 11) is 5.06. The number of nitrogens with one attached hydrogen (secondary N) is 8. The third-order valence-electron chi connectivity index (χ3n) is 16.0. The minimum absolute atomic E-state index is 0.0135. The predicted octanol–water partition coefficient (Wildman–Crippen LogP) is 2.01. The Bertz CT molecular complexity index is 2720. The highest BCUT2D eigenvalue weighted by Crippen LogP contribution is 2.34. The summed E-state index contributed by atoms with van der Waals surface area (Å²) in [6.07, 6.45) is 5.22. The molecule has 18 nitrogen and oxygen atoms in total. The van der Waals surface area contributed by atoms with Crippen LogP contribution in [0.15, 0.2) is 66.7 Å². The topological polar surface area (TPSA) is 239 Å². The van der Waals surface area contributed by atoms with Crippen molar-refractivity contribution in [2.75, 3.05) is 27.2 Å². The lowest BCUT2D eigenvalue weighted by Crippen LogP contribution is -2.59. The van der Waals surface area contributed by atoms with E-state index in [4.69, 9.17) is 0 Å². The number of likely N-dealkylation sites (N-methyl/N-ethyl adjacent to an activating group) is 2. The quantitative estimate of drug-likeness (QED) is 0.0972. The predicted molar refractivity (Wildman–Crippen MR) is 298 cm³/mol. The first-order valence-corrected chi connectivity index (χ1v) is 27.4. The van der Waals surface area contributed by atoms with Crippen molar-refractivity contribution in [3.05, 3.63) is 100 Å². The van der Waals surface area contributed by atoms with Crippen molar-refractivity contribution in [2.24, 2.45) is 10.8 Å². The Labute approximate surface area is 454 Å². The smallest absolute Gasteiger partial charge is 0.251 e. The maximum atomic E-state index is 14.8. The molecule has 77 heavy (non-hydrogen) atoms. The van der Waals surface area contributed by atoms with Crippen molar-refractivity contribution in [3.63, 3.8) is 0 Å². The molecule has 0 radical (unpaired) electrons. The fourth-order valence-electron chi connectivity index (χ4n) is 11.2. The number of fused-ring (bicyclic) bond motifs is 2. The number of benzene rings is 3. The first-order valence-electron chi connectivity index (χ1n) is 27.4. The van der Waals surface area contributed by atoms with E-state index in [1.54, 1.807) is 47.9 Å². The van der Waals surface area contributed by atoms with Crippen molar-refractivity contribution >= 4 is 60.6 Å². The van der Waals surface area contributed by atoms with E-state index in [1.165, 1.54) is 15.9 Å². The summed E-state index contributed by atoms with van der Waals surface area (Å²) in [5, 5.41) is 24.2. The van der Waals surface area contributed by atoms with Gasteiger partial charge in [0, 0.05) is 36.3 Å². The number of amides is 8. The molecule has 0 bridgehead atoms. The fourth-order valence-corrected chi connectivity index (χ4v) is 11.2. The average Bonchev–Trinajstić information content (AvgIpc) is 4.04. The molecular formula is C58H81BN10O8. The van der Waals surface area contributed by atoms with Crippen LogP contribution in [0.2, 0.25) is 0 Å². The van der Waals surface area contributed by atoms with Gasteiger partial charge in [-0.3, -0.25) is 38.4 Å². The van der Waals surface area contributed by atoms with Crippen molar-refractivity contribution in [1.82, 2.24) is 52.3 Å². The van der Waals surface area contributed by atoms with Crippen LogP contribution in [0.1, 0.15) is 149 Å². The number of likely N-dealkylation sites (tertiary alicyclic amines) is 2. The Morgan fingerprint density at radius 3 is 1.40 bits per heavy atom. The van der Waals surface area contributed by atoms with Crippen LogP contribution in [-0.2, 0) is 41.6 Å². The zero-order valence-electron chi connectivity index (χ0n) is 46.9.